The molecule has 0 spiro atoms. The van der Waals surface area contributed by atoms with Crippen LogP contribution in [-0.2, 0) is 10.9 Å². The van der Waals surface area contributed by atoms with Crippen LogP contribution in [0.15, 0.2) is 18.3 Å². The van der Waals surface area contributed by atoms with Crippen molar-refractivity contribution >= 4 is 11.6 Å². The first-order valence-electron chi connectivity index (χ1n) is 4.99. The highest BCUT2D eigenvalue weighted by Gasteiger charge is 2.31. The fraction of sp³-hybridized carbons (Fsp3) is 0.273. The molecule has 0 bridgehead atoms. The van der Waals surface area contributed by atoms with Crippen LogP contribution in [0.1, 0.15) is 21.7 Å². The van der Waals surface area contributed by atoms with E-state index in [2.05, 4.69) is 9.72 Å². The van der Waals surface area contributed by atoms with Crippen LogP contribution in [0.4, 0.5) is 13.2 Å². The number of hydrogen-bond acceptors (Lipinski definition) is 3. The minimum atomic E-state index is -4.44. The Morgan fingerprint density at radius 2 is 2.11 bits per heavy atom. The number of halogens is 3. The minimum Gasteiger partial charge on any atom is -0.464 e. The van der Waals surface area contributed by atoms with E-state index in [0.29, 0.717) is 5.69 Å². The van der Waals surface area contributed by atoms with Gasteiger partial charge in [0.25, 0.3) is 0 Å². The molecule has 0 aliphatic heterocycles. The summed E-state index contributed by atoms with van der Waals surface area (Å²) >= 11 is 0. The van der Waals surface area contributed by atoms with Crippen LogP contribution < -0.4 is 0 Å². The first-order valence-corrected chi connectivity index (χ1v) is 4.99. The van der Waals surface area contributed by atoms with Gasteiger partial charge in [-0.3, -0.25) is 4.40 Å². The molecule has 0 N–H and O–H groups in total. The standard InChI is InChI=1S/C11H9F3N2O2/c1-6-9(10(17)18-2)16-4-3-7(11(12,13)14)5-8(16)15-6/h3-5H,1-2H3. The van der Waals surface area contributed by atoms with Crippen molar-refractivity contribution in [1.82, 2.24) is 9.38 Å². The quantitative estimate of drug-likeness (QED) is 0.738. The molecule has 0 unspecified atom stereocenters. The van der Waals surface area contributed by atoms with Crippen LogP contribution in [0, 0.1) is 6.92 Å². The first kappa shape index (κ1) is 12.4. The zero-order valence-electron chi connectivity index (χ0n) is 9.58. The topological polar surface area (TPSA) is 43.6 Å². The Balaban J connectivity index is 2.65. The maximum absolute atomic E-state index is 12.5. The van der Waals surface area contributed by atoms with Gasteiger partial charge >= 0.3 is 12.1 Å². The van der Waals surface area contributed by atoms with E-state index in [1.54, 1.807) is 0 Å². The normalized spacial score (nSPS) is 11.8. The Labute approximate surface area is 100 Å². The lowest BCUT2D eigenvalue weighted by Crippen LogP contribution is -2.09. The van der Waals surface area contributed by atoms with Gasteiger partial charge in [0, 0.05) is 6.20 Å². The van der Waals surface area contributed by atoms with Gasteiger partial charge in [-0.1, -0.05) is 0 Å². The fourth-order valence-corrected chi connectivity index (χ4v) is 1.68. The third kappa shape index (κ3) is 1.92. The molecule has 0 saturated heterocycles. The number of aryl methyl sites for hydroxylation is 1. The molecular weight excluding hydrogens is 249 g/mol. The Morgan fingerprint density at radius 1 is 1.44 bits per heavy atom. The molecule has 2 aromatic heterocycles. The van der Waals surface area contributed by atoms with Gasteiger partial charge in [-0.2, -0.15) is 13.2 Å². The summed E-state index contributed by atoms with van der Waals surface area (Å²) in [7, 11) is 1.20. The zero-order valence-corrected chi connectivity index (χ0v) is 9.58. The van der Waals surface area contributed by atoms with Gasteiger partial charge in [0.2, 0.25) is 0 Å². The second-order valence-electron chi connectivity index (χ2n) is 3.68. The lowest BCUT2D eigenvalue weighted by atomic mass is 10.2. The predicted molar refractivity (Wildman–Crippen MR) is 56.3 cm³/mol. The van der Waals surface area contributed by atoms with Gasteiger partial charge in [-0.15, -0.1) is 0 Å². The number of aromatic nitrogens is 2. The molecule has 0 amide bonds. The van der Waals surface area contributed by atoms with Gasteiger partial charge in [-0.05, 0) is 19.1 Å². The van der Waals surface area contributed by atoms with E-state index in [4.69, 9.17) is 0 Å². The number of hydrogen-bond donors (Lipinski definition) is 0. The van der Waals surface area contributed by atoms with Crippen LogP contribution in [0.5, 0.6) is 0 Å². The molecule has 18 heavy (non-hydrogen) atoms. The van der Waals surface area contributed by atoms with Gasteiger partial charge in [0.1, 0.15) is 5.65 Å². The average molecular weight is 258 g/mol. The predicted octanol–water partition coefficient (Wildman–Crippen LogP) is 2.45. The van der Waals surface area contributed by atoms with E-state index in [-0.39, 0.29) is 11.3 Å². The van der Waals surface area contributed by atoms with Gasteiger partial charge in [-0.25, -0.2) is 9.78 Å². The third-order valence-electron chi connectivity index (χ3n) is 2.51. The maximum Gasteiger partial charge on any atom is 0.416 e. The highest BCUT2D eigenvalue weighted by Crippen LogP contribution is 2.30. The molecule has 7 heteroatoms. The Bertz CT molecular complexity index is 617. The molecular formula is C11H9F3N2O2. The van der Waals surface area contributed by atoms with Crippen molar-refractivity contribution < 1.29 is 22.7 Å². The second kappa shape index (κ2) is 4.01. The lowest BCUT2D eigenvalue weighted by molar-refractivity contribution is -0.137. The van der Waals surface area contributed by atoms with E-state index in [9.17, 15) is 18.0 Å². The number of fused-ring (bicyclic) bond motifs is 1. The molecule has 2 heterocycles. The van der Waals surface area contributed by atoms with E-state index >= 15 is 0 Å². The van der Waals surface area contributed by atoms with E-state index in [0.717, 1.165) is 18.3 Å². The van der Waals surface area contributed by atoms with Crippen molar-refractivity contribution in [2.75, 3.05) is 7.11 Å². The summed E-state index contributed by atoms with van der Waals surface area (Å²) in [5.74, 6) is -0.639. The molecule has 0 fully saturated rings. The molecule has 0 radical (unpaired) electrons. The van der Waals surface area contributed by atoms with Crippen molar-refractivity contribution in [3.05, 3.63) is 35.3 Å². The Morgan fingerprint density at radius 3 is 2.67 bits per heavy atom. The summed E-state index contributed by atoms with van der Waals surface area (Å²) in [6, 6.07) is 1.78. The SMILES string of the molecule is COC(=O)c1c(C)nc2cc(C(F)(F)F)ccn12. The number of alkyl halides is 3. The number of pyridine rings is 1. The maximum atomic E-state index is 12.5. The molecule has 96 valence electrons. The number of imidazole rings is 1. The van der Waals surface area contributed by atoms with E-state index < -0.39 is 17.7 Å². The number of ether oxygens (including phenoxy) is 1. The van der Waals surface area contributed by atoms with E-state index in [1.807, 2.05) is 0 Å². The van der Waals surface area contributed by atoms with Gasteiger partial charge in [0.15, 0.2) is 5.69 Å². The van der Waals surface area contributed by atoms with Crippen molar-refractivity contribution in [3.63, 3.8) is 0 Å². The minimum absolute atomic E-state index is 0.0581. The van der Waals surface area contributed by atoms with Crippen molar-refractivity contribution in [2.45, 2.75) is 13.1 Å². The van der Waals surface area contributed by atoms with Gasteiger partial charge < -0.3 is 4.74 Å². The Hall–Kier alpha value is -2.05. The molecule has 0 aromatic carbocycles. The lowest BCUT2D eigenvalue weighted by Gasteiger charge is -2.06. The summed E-state index contributed by atoms with van der Waals surface area (Å²) in [6.07, 6.45) is -3.28. The summed E-state index contributed by atoms with van der Waals surface area (Å²) in [5, 5.41) is 0. The fourth-order valence-electron chi connectivity index (χ4n) is 1.68. The summed E-state index contributed by atoms with van der Waals surface area (Å²) in [4.78, 5) is 15.4. The van der Waals surface area contributed by atoms with Crippen molar-refractivity contribution in [1.29, 1.82) is 0 Å². The van der Waals surface area contributed by atoms with Crippen LogP contribution in [-0.4, -0.2) is 22.5 Å². The molecule has 0 aliphatic rings. The van der Waals surface area contributed by atoms with Crippen molar-refractivity contribution in [3.8, 4) is 0 Å². The molecule has 4 nitrogen and oxygen atoms in total. The van der Waals surface area contributed by atoms with Gasteiger partial charge in [0.05, 0.1) is 18.4 Å². The summed E-state index contributed by atoms with van der Waals surface area (Å²) in [5.41, 5.74) is -0.304. The molecule has 0 atom stereocenters. The Kier molecular flexibility index (Phi) is 2.76. The van der Waals surface area contributed by atoms with Crippen LogP contribution >= 0.6 is 0 Å². The van der Waals surface area contributed by atoms with E-state index in [1.165, 1.54) is 18.4 Å². The summed E-state index contributed by atoms with van der Waals surface area (Å²) in [6.45, 7) is 1.53. The zero-order chi connectivity index (χ0) is 13.5. The second-order valence-corrected chi connectivity index (χ2v) is 3.68. The largest absolute Gasteiger partial charge is 0.464 e. The molecule has 0 aliphatic carbocycles. The number of carbonyl (C=O) groups excluding carboxylic acids is 1. The smallest absolute Gasteiger partial charge is 0.416 e. The van der Waals surface area contributed by atoms with Crippen LogP contribution in [0.3, 0.4) is 0 Å². The molecule has 0 saturated carbocycles. The van der Waals surface area contributed by atoms with Crippen LogP contribution in [0.2, 0.25) is 0 Å². The van der Waals surface area contributed by atoms with Crippen molar-refractivity contribution in [2.24, 2.45) is 0 Å². The highest BCUT2D eigenvalue weighted by molar-refractivity contribution is 5.89. The number of esters is 1. The first-order chi connectivity index (χ1) is 8.34. The number of methoxy groups -OCH3 is 1. The summed E-state index contributed by atoms with van der Waals surface area (Å²) < 4.78 is 43.4. The number of rotatable bonds is 1. The number of nitrogens with zero attached hydrogens (tertiary/aromatic N) is 2. The molecule has 2 aromatic rings. The van der Waals surface area contributed by atoms with Crippen LogP contribution in [0.25, 0.3) is 5.65 Å². The highest BCUT2D eigenvalue weighted by atomic mass is 19.4. The average Bonchev–Trinajstić information content (AvgIpc) is 2.61. The molecule has 2 rings (SSSR count). The monoisotopic (exact) mass is 258 g/mol. The third-order valence-corrected chi connectivity index (χ3v) is 2.51. The number of carbonyl (C=O) groups is 1.